The number of rotatable bonds is 4. The van der Waals surface area contributed by atoms with E-state index in [1.54, 1.807) is 18.4 Å². The van der Waals surface area contributed by atoms with E-state index in [-0.39, 0.29) is 0 Å². The van der Waals surface area contributed by atoms with E-state index >= 15 is 0 Å². The number of Topliss-reactive ketones (excluding diaryl/α,β-unsaturated/α-hetero) is 1. The summed E-state index contributed by atoms with van der Waals surface area (Å²) in [5.41, 5.74) is -5.78. The van der Waals surface area contributed by atoms with E-state index in [2.05, 4.69) is 0 Å². The van der Waals surface area contributed by atoms with Crippen LogP contribution >= 0.6 is 0 Å². The van der Waals surface area contributed by atoms with Gasteiger partial charge in [0.2, 0.25) is 5.78 Å². The number of ether oxygens (including phenoxy) is 5. The predicted molar refractivity (Wildman–Crippen MR) is 132 cm³/mol. The summed E-state index contributed by atoms with van der Waals surface area (Å²) in [6.45, 7) is 10.7. The average Bonchev–Trinajstić information content (AvgIpc) is 3.68. The standard InChI is InChI=1S/C29H34O10/c1-15(30)36-21-19(32)28(24(2,3)39-28)25(4,12-9-18(31)34-7)17-8-11-26(5)20(16-10-13-35-14-16)37-23(33)22-29(26,38-22)27(17,21)6/h9-10,12-14,17,20-22H,8,11H2,1-7H3/b12-9+/t17-,20+,21-,22+,25-,26+,27+,28-,29+/m1/s1. The van der Waals surface area contributed by atoms with Crippen molar-refractivity contribution in [3.63, 3.8) is 0 Å². The number of fused-ring (bicyclic) bond motifs is 1. The van der Waals surface area contributed by atoms with E-state index in [0.29, 0.717) is 18.4 Å². The van der Waals surface area contributed by atoms with Crippen LogP contribution in [0.2, 0.25) is 0 Å². The average molecular weight is 543 g/mol. The van der Waals surface area contributed by atoms with Gasteiger partial charge in [-0.15, -0.1) is 0 Å². The molecule has 2 saturated carbocycles. The molecule has 6 rings (SSSR count). The normalized spacial score (nSPS) is 47.1. The second kappa shape index (κ2) is 7.60. The van der Waals surface area contributed by atoms with E-state index in [4.69, 9.17) is 28.1 Å². The summed E-state index contributed by atoms with van der Waals surface area (Å²) in [7, 11) is 1.28. The van der Waals surface area contributed by atoms with Crippen molar-refractivity contribution >= 4 is 23.7 Å². The largest absolute Gasteiger partial charge is 0.472 e. The summed E-state index contributed by atoms with van der Waals surface area (Å²) in [4.78, 5) is 52.8. The van der Waals surface area contributed by atoms with Crippen LogP contribution in [0.5, 0.6) is 0 Å². The van der Waals surface area contributed by atoms with Gasteiger partial charge in [0.25, 0.3) is 0 Å². The second-order valence-electron chi connectivity index (χ2n) is 12.7. The fraction of sp³-hybridized carbons (Fsp3) is 0.655. The Labute approximate surface area is 226 Å². The van der Waals surface area contributed by atoms with Gasteiger partial charge in [-0.2, -0.15) is 0 Å². The number of epoxide rings is 2. The Bertz CT molecular complexity index is 1310. The molecule has 10 nitrogen and oxygen atoms in total. The Kier molecular flexibility index (Phi) is 5.12. The van der Waals surface area contributed by atoms with Crippen molar-refractivity contribution in [1.29, 1.82) is 0 Å². The van der Waals surface area contributed by atoms with E-state index in [1.807, 2.05) is 34.6 Å². The molecule has 5 fully saturated rings. The molecule has 4 heterocycles. The number of carbonyl (C=O) groups excluding carboxylic acids is 4. The van der Waals surface area contributed by atoms with E-state index in [0.717, 1.165) is 0 Å². The smallest absolute Gasteiger partial charge is 0.339 e. The van der Waals surface area contributed by atoms with Crippen LogP contribution in [0.3, 0.4) is 0 Å². The van der Waals surface area contributed by atoms with Gasteiger partial charge < -0.3 is 28.1 Å². The summed E-state index contributed by atoms with van der Waals surface area (Å²) in [6.07, 6.45) is 4.28. The quantitative estimate of drug-likeness (QED) is 0.242. The minimum atomic E-state index is -1.37. The fourth-order valence-corrected chi connectivity index (χ4v) is 9.12. The van der Waals surface area contributed by atoms with Crippen LogP contribution in [-0.2, 0) is 42.9 Å². The van der Waals surface area contributed by atoms with Gasteiger partial charge in [-0.1, -0.05) is 26.8 Å². The number of cyclic esters (lactones) is 1. The van der Waals surface area contributed by atoms with Gasteiger partial charge in [-0.05, 0) is 38.7 Å². The molecule has 3 aliphatic heterocycles. The van der Waals surface area contributed by atoms with E-state index in [9.17, 15) is 19.2 Å². The molecule has 0 unspecified atom stereocenters. The fourth-order valence-electron chi connectivity index (χ4n) is 9.12. The van der Waals surface area contributed by atoms with Crippen molar-refractivity contribution in [1.82, 2.24) is 0 Å². The molecule has 0 N–H and O–H groups in total. The Hall–Kier alpha value is -2.98. The lowest BCUT2D eigenvalue weighted by molar-refractivity contribution is -0.238. The van der Waals surface area contributed by atoms with Crippen molar-refractivity contribution in [3.8, 4) is 0 Å². The number of carbonyl (C=O) groups is 4. The van der Waals surface area contributed by atoms with Crippen molar-refractivity contribution in [2.24, 2.45) is 22.2 Å². The Balaban J connectivity index is 1.59. The van der Waals surface area contributed by atoms with Crippen LogP contribution < -0.4 is 0 Å². The van der Waals surface area contributed by atoms with Gasteiger partial charge in [0, 0.05) is 34.8 Å². The molecule has 0 bridgehead atoms. The first kappa shape index (κ1) is 26.3. The Morgan fingerprint density at radius 1 is 1.10 bits per heavy atom. The molecule has 2 aliphatic carbocycles. The summed E-state index contributed by atoms with van der Waals surface area (Å²) < 4.78 is 34.7. The SMILES string of the molecule is COC(=O)/C=C/[C@]1(C)[C@H]2CC[C@@]3(C)[C@H](c4ccoc4)OC(=O)[C@@H]4O[C@@]43[C@]2(C)[C@H](OC(C)=O)C(=O)[C@]12OC2(C)C. The molecule has 0 aromatic carbocycles. The third-order valence-corrected chi connectivity index (χ3v) is 10.7. The topological polar surface area (TPSA) is 134 Å². The van der Waals surface area contributed by atoms with Crippen LogP contribution in [0, 0.1) is 22.2 Å². The third kappa shape index (κ3) is 2.79. The highest BCUT2D eigenvalue weighted by atomic mass is 16.7. The number of hydrogen-bond donors (Lipinski definition) is 0. The van der Waals surface area contributed by atoms with E-state index < -0.39 is 81.0 Å². The van der Waals surface area contributed by atoms with E-state index in [1.165, 1.54) is 26.4 Å². The number of hydrogen-bond acceptors (Lipinski definition) is 10. The zero-order valence-electron chi connectivity index (χ0n) is 23.2. The van der Waals surface area contributed by atoms with Crippen LogP contribution in [-0.4, -0.2) is 59.8 Å². The molecule has 39 heavy (non-hydrogen) atoms. The molecule has 1 aromatic rings. The van der Waals surface area contributed by atoms with Crippen molar-refractivity contribution < 1.29 is 47.3 Å². The summed E-state index contributed by atoms with van der Waals surface area (Å²) >= 11 is 0. The zero-order chi connectivity index (χ0) is 28.4. The monoisotopic (exact) mass is 542 g/mol. The maximum absolute atomic E-state index is 14.6. The molecule has 5 aliphatic rings. The Morgan fingerprint density at radius 3 is 2.36 bits per heavy atom. The zero-order valence-corrected chi connectivity index (χ0v) is 23.2. The first-order valence-electron chi connectivity index (χ1n) is 13.3. The second-order valence-corrected chi connectivity index (χ2v) is 12.7. The molecule has 1 aromatic heterocycles. The minimum absolute atomic E-state index is 0.399. The molecule has 0 amide bonds. The van der Waals surface area contributed by atoms with Crippen molar-refractivity contribution in [3.05, 3.63) is 36.3 Å². The van der Waals surface area contributed by atoms with Gasteiger partial charge in [0.15, 0.2) is 17.8 Å². The molecule has 0 radical (unpaired) electrons. The first-order chi connectivity index (χ1) is 18.2. The highest BCUT2D eigenvalue weighted by molar-refractivity contribution is 6.00. The molecule has 3 saturated heterocycles. The van der Waals surface area contributed by atoms with Crippen molar-refractivity contribution in [2.75, 3.05) is 7.11 Å². The van der Waals surface area contributed by atoms with Crippen molar-refractivity contribution in [2.45, 2.75) is 89.5 Å². The lowest BCUT2D eigenvalue weighted by Crippen LogP contribution is -2.76. The van der Waals surface area contributed by atoms with Crippen LogP contribution in [0.1, 0.15) is 66.1 Å². The molecule has 210 valence electrons. The van der Waals surface area contributed by atoms with Crippen LogP contribution in [0.25, 0.3) is 0 Å². The van der Waals surface area contributed by atoms with Gasteiger partial charge in [-0.3, -0.25) is 9.59 Å². The number of methoxy groups -OCH3 is 1. The van der Waals surface area contributed by atoms with Crippen LogP contribution in [0.15, 0.2) is 35.2 Å². The summed E-state index contributed by atoms with van der Waals surface area (Å²) in [5, 5.41) is 0. The number of ketones is 1. The Morgan fingerprint density at radius 2 is 1.79 bits per heavy atom. The van der Waals surface area contributed by atoms with Gasteiger partial charge >= 0.3 is 17.9 Å². The first-order valence-corrected chi connectivity index (χ1v) is 13.3. The highest BCUT2D eigenvalue weighted by Gasteiger charge is 2.93. The number of furan rings is 1. The molecular weight excluding hydrogens is 508 g/mol. The molecule has 2 spiro atoms. The minimum Gasteiger partial charge on any atom is -0.472 e. The lowest BCUT2D eigenvalue weighted by Gasteiger charge is -2.65. The van der Waals surface area contributed by atoms with Crippen LogP contribution in [0.4, 0.5) is 0 Å². The summed E-state index contributed by atoms with van der Waals surface area (Å²) in [6, 6.07) is 1.75. The molecule has 10 heteroatoms. The molecule has 9 atom stereocenters. The summed E-state index contributed by atoms with van der Waals surface area (Å²) in [5.74, 6) is -2.54. The van der Waals surface area contributed by atoms with Gasteiger partial charge in [0.05, 0.1) is 19.6 Å². The highest BCUT2D eigenvalue weighted by Crippen LogP contribution is 2.81. The third-order valence-electron chi connectivity index (χ3n) is 10.7. The molecular formula is C29H34O10. The maximum atomic E-state index is 14.6. The maximum Gasteiger partial charge on any atom is 0.339 e. The lowest BCUT2D eigenvalue weighted by atomic mass is 9.37. The number of esters is 3. The van der Waals surface area contributed by atoms with Gasteiger partial charge in [0.1, 0.15) is 17.3 Å². The van der Waals surface area contributed by atoms with Gasteiger partial charge in [-0.25, -0.2) is 9.59 Å². The predicted octanol–water partition coefficient (Wildman–Crippen LogP) is 3.24.